The van der Waals surface area contributed by atoms with Gasteiger partial charge in [0.1, 0.15) is 0 Å². The van der Waals surface area contributed by atoms with Crippen molar-refractivity contribution in [2.45, 2.75) is 6.36 Å². The van der Waals surface area contributed by atoms with E-state index in [4.69, 9.17) is 11.5 Å². The number of alkyl halides is 3. The molecule has 0 radical (unpaired) electrons. The fraction of sp³-hybridized carbons (Fsp3) is 0.143. The predicted octanol–water partition coefficient (Wildman–Crippen LogP) is 1.75. The highest BCUT2D eigenvalue weighted by Gasteiger charge is 2.32. The van der Waals surface area contributed by atoms with E-state index < -0.39 is 12.1 Å². The van der Waals surface area contributed by atoms with Gasteiger partial charge in [0.25, 0.3) is 0 Å². The predicted molar refractivity (Wildman–Crippen MR) is 41.9 cm³/mol. The number of rotatable bonds is 1. The molecule has 0 heterocycles. The van der Waals surface area contributed by atoms with Crippen LogP contribution in [0.5, 0.6) is 5.75 Å². The number of halogens is 3. The highest BCUT2D eigenvalue weighted by molar-refractivity contribution is 5.70. The van der Waals surface area contributed by atoms with E-state index in [1.54, 1.807) is 0 Å². The van der Waals surface area contributed by atoms with Crippen LogP contribution in [0.25, 0.3) is 0 Å². The smallest absolute Gasteiger partial charge is 0.404 e. The number of nitrogens with two attached hydrogens (primary N) is 2. The van der Waals surface area contributed by atoms with Crippen LogP contribution in [0, 0.1) is 0 Å². The third-order valence-electron chi connectivity index (χ3n) is 1.33. The van der Waals surface area contributed by atoms with Crippen LogP contribution in [0.3, 0.4) is 0 Å². The topological polar surface area (TPSA) is 61.3 Å². The number of benzene rings is 1. The molecule has 0 bridgehead atoms. The maximum absolute atomic E-state index is 11.7. The first-order valence-electron chi connectivity index (χ1n) is 3.30. The maximum atomic E-state index is 11.7. The molecule has 0 aliphatic carbocycles. The number of hydrogen-bond acceptors (Lipinski definition) is 3. The number of nitrogen functional groups attached to an aromatic ring is 2. The molecule has 0 saturated heterocycles. The van der Waals surface area contributed by atoms with Gasteiger partial charge in [0.2, 0.25) is 0 Å². The highest BCUT2D eigenvalue weighted by atomic mass is 19.4. The van der Waals surface area contributed by atoms with E-state index in [0.717, 1.165) is 6.07 Å². The molecule has 1 rings (SSSR count). The molecule has 72 valence electrons. The molecule has 0 aliphatic heterocycles. The highest BCUT2D eigenvalue weighted by Crippen LogP contribution is 2.31. The Bertz CT molecular complexity index is 311. The monoisotopic (exact) mass is 192 g/mol. The van der Waals surface area contributed by atoms with E-state index in [-0.39, 0.29) is 11.4 Å². The van der Waals surface area contributed by atoms with E-state index in [1.165, 1.54) is 12.1 Å². The Hall–Kier alpha value is -1.59. The lowest BCUT2D eigenvalue weighted by atomic mass is 10.2. The van der Waals surface area contributed by atoms with E-state index in [9.17, 15) is 13.2 Å². The summed E-state index contributed by atoms with van der Waals surface area (Å²) in [4.78, 5) is 0. The Morgan fingerprint density at radius 1 is 1.15 bits per heavy atom. The van der Waals surface area contributed by atoms with Crippen LogP contribution in [0.2, 0.25) is 0 Å². The minimum Gasteiger partial charge on any atom is -0.404 e. The van der Waals surface area contributed by atoms with Gasteiger partial charge in [-0.1, -0.05) is 6.07 Å². The van der Waals surface area contributed by atoms with E-state index >= 15 is 0 Å². The molecule has 0 spiro atoms. The summed E-state index contributed by atoms with van der Waals surface area (Å²) < 4.78 is 38.8. The molecule has 0 aliphatic rings. The number of hydrogen-bond donors (Lipinski definition) is 2. The van der Waals surface area contributed by atoms with E-state index in [0.29, 0.717) is 0 Å². The molecule has 6 heteroatoms. The Morgan fingerprint density at radius 2 is 1.77 bits per heavy atom. The summed E-state index contributed by atoms with van der Waals surface area (Å²) in [6.45, 7) is 0. The molecule has 3 nitrogen and oxygen atoms in total. The summed E-state index contributed by atoms with van der Waals surface area (Å²) in [6, 6.07) is 3.81. The SMILES string of the molecule is Nc1cccc(OC(F)(F)F)c1N. The quantitative estimate of drug-likeness (QED) is 0.666. The Balaban J connectivity index is 2.96. The zero-order chi connectivity index (χ0) is 10.1. The van der Waals surface area contributed by atoms with Crippen LogP contribution in [-0.2, 0) is 0 Å². The van der Waals surface area contributed by atoms with Gasteiger partial charge in [-0.15, -0.1) is 13.2 Å². The average Bonchev–Trinajstić information content (AvgIpc) is 1.96. The van der Waals surface area contributed by atoms with Gasteiger partial charge >= 0.3 is 6.36 Å². The molecular formula is C7H7F3N2O. The minimum atomic E-state index is -4.75. The average molecular weight is 192 g/mol. The van der Waals surface area contributed by atoms with Crippen molar-refractivity contribution in [3.8, 4) is 5.75 Å². The molecule has 0 amide bonds. The van der Waals surface area contributed by atoms with Crippen LogP contribution in [0.15, 0.2) is 18.2 Å². The van der Waals surface area contributed by atoms with Crippen molar-refractivity contribution < 1.29 is 17.9 Å². The third kappa shape index (κ3) is 2.43. The number of anilines is 2. The van der Waals surface area contributed by atoms with Gasteiger partial charge in [-0.05, 0) is 12.1 Å². The molecule has 0 unspecified atom stereocenters. The van der Waals surface area contributed by atoms with Crippen LogP contribution < -0.4 is 16.2 Å². The zero-order valence-electron chi connectivity index (χ0n) is 6.43. The van der Waals surface area contributed by atoms with Crippen molar-refractivity contribution in [1.82, 2.24) is 0 Å². The Kier molecular flexibility index (Phi) is 2.22. The van der Waals surface area contributed by atoms with Crippen molar-refractivity contribution in [3.63, 3.8) is 0 Å². The molecule has 4 N–H and O–H groups in total. The Morgan fingerprint density at radius 3 is 2.31 bits per heavy atom. The van der Waals surface area contributed by atoms with Crippen LogP contribution in [0.1, 0.15) is 0 Å². The molecule has 0 saturated carbocycles. The van der Waals surface area contributed by atoms with Gasteiger partial charge in [-0.25, -0.2) is 0 Å². The third-order valence-corrected chi connectivity index (χ3v) is 1.33. The first-order chi connectivity index (χ1) is 5.90. The van der Waals surface area contributed by atoms with Gasteiger partial charge in [0, 0.05) is 0 Å². The molecular weight excluding hydrogens is 185 g/mol. The summed E-state index contributed by atoms with van der Waals surface area (Å²) in [5, 5.41) is 0. The van der Waals surface area contributed by atoms with Gasteiger partial charge in [-0.2, -0.15) is 0 Å². The van der Waals surface area contributed by atoms with E-state index in [2.05, 4.69) is 4.74 Å². The lowest BCUT2D eigenvalue weighted by Gasteiger charge is -2.11. The maximum Gasteiger partial charge on any atom is 0.573 e. The first kappa shape index (κ1) is 9.50. The van der Waals surface area contributed by atoms with Gasteiger partial charge in [-0.3, -0.25) is 0 Å². The molecule has 0 atom stereocenters. The van der Waals surface area contributed by atoms with Crippen molar-refractivity contribution in [2.24, 2.45) is 0 Å². The largest absolute Gasteiger partial charge is 0.573 e. The number of ether oxygens (including phenoxy) is 1. The number of para-hydroxylation sites is 1. The second-order valence-electron chi connectivity index (χ2n) is 2.31. The van der Waals surface area contributed by atoms with Crippen LogP contribution in [-0.4, -0.2) is 6.36 Å². The molecule has 1 aromatic carbocycles. The van der Waals surface area contributed by atoms with Crippen molar-refractivity contribution in [1.29, 1.82) is 0 Å². The van der Waals surface area contributed by atoms with Crippen LogP contribution in [0.4, 0.5) is 24.5 Å². The summed E-state index contributed by atoms with van der Waals surface area (Å²) in [7, 11) is 0. The lowest BCUT2D eigenvalue weighted by Crippen LogP contribution is -2.18. The normalized spacial score (nSPS) is 11.3. The standard InChI is InChI=1S/C7H7F3N2O/c8-7(9,10)13-5-3-1-2-4(11)6(5)12/h1-3H,11-12H2. The van der Waals surface area contributed by atoms with Gasteiger partial charge in [0.15, 0.2) is 5.75 Å². The summed E-state index contributed by atoms with van der Waals surface area (Å²) in [6.07, 6.45) is -4.75. The first-order valence-corrected chi connectivity index (χ1v) is 3.30. The molecule has 13 heavy (non-hydrogen) atoms. The second kappa shape index (κ2) is 3.04. The zero-order valence-corrected chi connectivity index (χ0v) is 6.43. The summed E-state index contributed by atoms with van der Waals surface area (Å²) >= 11 is 0. The molecule has 0 fully saturated rings. The van der Waals surface area contributed by atoms with Gasteiger partial charge in [0.05, 0.1) is 11.4 Å². The van der Waals surface area contributed by atoms with Crippen LogP contribution >= 0.6 is 0 Å². The van der Waals surface area contributed by atoms with Crippen molar-refractivity contribution in [2.75, 3.05) is 11.5 Å². The Labute approximate surface area is 72.1 Å². The van der Waals surface area contributed by atoms with Crippen molar-refractivity contribution in [3.05, 3.63) is 18.2 Å². The van der Waals surface area contributed by atoms with E-state index in [1.807, 2.05) is 0 Å². The van der Waals surface area contributed by atoms with Gasteiger partial charge < -0.3 is 16.2 Å². The minimum absolute atomic E-state index is 0.0572. The fourth-order valence-electron chi connectivity index (χ4n) is 0.775. The summed E-state index contributed by atoms with van der Waals surface area (Å²) in [5.41, 5.74) is 10.4. The lowest BCUT2D eigenvalue weighted by molar-refractivity contribution is -0.274. The molecule has 0 aromatic heterocycles. The fourth-order valence-corrected chi connectivity index (χ4v) is 0.775. The second-order valence-corrected chi connectivity index (χ2v) is 2.31. The summed E-state index contributed by atoms with van der Waals surface area (Å²) in [5.74, 6) is -0.479. The van der Waals surface area contributed by atoms with Crippen molar-refractivity contribution >= 4 is 11.4 Å². The molecule has 1 aromatic rings.